The van der Waals surface area contributed by atoms with E-state index in [-0.39, 0.29) is 0 Å². The molecule has 0 bridgehead atoms. The number of pyridine rings is 1. The smallest absolute Gasteiger partial charge is 0.0814 e. The number of anilines is 1. The number of benzene rings is 1. The van der Waals surface area contributed by atoms with Gasteiger partial charge in [0.25, 0.3) is 0 Å². The molecule has 1 aromatic heterocycles. The van der Waals surface area contributed by atoms with Crippen LogP contribution < -0.4 is 5.32 Å². The lowest BCUT2D eigenvalue weighted by Gasteiger charge is -2.39. The molecule has 0 radical (unpaired) electrons. The second-order valence-electron chi connectivity index (χ2n) is 5.68. The van der Waals surface area contributed by atoms with Crippen LogP contribution in [0.4, 0.5) is 5.69 Å². The molecule has 2 rings (SSSR count). The third-order valence-corrected chi connectivity index (χ3v) is 3.63. The second-order valence-corrected chi connectivity index (χ2v) is 5.68. The highest BCUT2D eigenvalue weighted by Crippen LogP contribution is 2.29. The molecule has 0 saturated carbocycles. The van der Waals surface area contributed by atoms with Crippen molar-refractivity contribution in [2.75, 3.05) is 5.32 Å². The Morgan fingerprint density at radius 1 is 1.06 bits per heavy atom. The van der Waals surface area contributed by atoms with Gasteiger partial charge in [0, 0.05) is 17.3 Å². The molecule has 0 spiro atoms. The van der Waals surface area contributed by atoms with Gasteiger partial charge in [0.15, 0.2) is 0 Å². The molecular weight excluding hydrogens is 224 g/mol. The first-order chi connectivity index (χ1) is 8.31. The van der Waals surface area contributed by atoms with Gasteiger partial charge in [-0.2, -0.15) is 0 Å². The number of para-hydroxylation sites is 1. The van der Waals surface area contributed by atoms with Gasteiger partial charge in [-0.3, -0.25) is 4.98 Å². The lowest BCUT2D eigenvalue weighted by atomic mass is 9.85. The van der Waals surface area contributed by atoms with Crippen LogP contribution in [0.5, 0.6) is 0 Å². The molecular formula is C15H20N2O. The van der Waals surface area contributed by atoms with Gasteiger partial charge in [0.05, 0.1) is 16.7 Å². The van der Waals surface area contributed by atoms with Gasteiger partial charge in [-0.25, -0.2) is 0 Å². The van der Waals surface area contributed by atoms with Crippen molar-refractivity contribution >= 4 is 16.6 Å². The molecule has 1 aromatic carbocycles. The van der Waals surface area contributed by atoms with Crippen molar-refractivity contribution in [2.24, 2.45) is 0 Å². The summed E-state index contributed by atoms with van der Waals surface area (Å²) < 4.78 is 0. The van der Waals surface area contributed by atoms with Crippen molar-refractivity contribution in [3.63, 3.8) is 0 Å². The fraction of sp³-hybridized carbons (Fsp3) is 0.400. The van der Waals surface area contributed by atoms with Crippen molar-refractivity contribution in [2.45, 2.75) is 38.8 Å². The predicted octanol–water partition coefficient (Wildman–Crippen LogP) is 3.20. The van der Waals surface area contributed by atoms with Crippen molar-refractivity contribution < 1.29 is 5.11 Å². The number of aliphatic hydroxyl groups is 1. The fourth-order valence-corrected chi connectivity index (χ4v) is 1.69. The largest absolute Gasteiger partial charge is 0.388 e. The van der Waals surface area contributed by atoms with E-state index in [0.29, 0.717) is 0 Å². The Kier molecular flexibility index (Phi) is 3.03. The quantitative estimate of drug-likeness (QED) is 0.871. The van der Waals surface area contributed by atoms with Crippen LogP contribution in [0.2, 0.25) is 0 Å². The first kappa shape index (κ1) is 12.8. The SMILES string of the molecule is CC(C)(O)C(C)(C)Nc1ccnc2ccccc12. The lowest BCUT2D eigenvalue weighted by Crippen LogP contribution is -2.51. The van der Waals surface area contributed by atoms with Crippen LogP contribution in [0, 0.1) is 0 Å². The maximum atomic E-state index is 10.2. The Bertz CT molecular complexity index is 550. The third-order valence-electron chi connectivity index (χ3n) is 3.63. The van der Waals surface area contributed by atoms with E-state index in [2.05, 4.69) is 10.3 Å². The summed E-state index contributed by atoms with van der Waals surface area (Å²) in [5.74, 6) is 0. The van der Waals surface area contributed by atoms with E-state index in [4.69, 9.17) is 0 Å². The molecule has 0 atom stereocenters. The summed E-state index contributed by atoms with van der Waals surface area (Å²) in [6.07, 6.45) is 1.78. The topological polar surface area (TPSA) is 45.1 Å². The van der Waals surface area contributed by atoms with E-state index in [0.717, 1.165) is 16.6 Å². The standard InChI is InChI=1S/C15H20N2O/c1-14(2,15(3,4)18)17-13-9-10-16-12-8-6-5-7-11(12)13/h5-10,18H,1-4H3,(H,16,17). The van der Waals surface area contributed by atoms with Crippen LogP contribution >= 0.6 is 0 Å². The van der Waals surface area contributed by atoms with Crippen LogP contribution in [0.1, 0.15) is 27.7 Å². The van der Waals surface area contributed by atoms with Gasteiger partial charge >= 0.3 is 0 Å². The summed E-state index contributed by atoms with van der Waals surface area (Å²) >= 11 is 0. The molecule has 18 heavy (non-hydrogen) atoms. The van der Waals surface area contributed by atoms with Gasteiger partial charge < -0.3 is 10.4 Å². The molecule has 0 saturated heterocycles. The van der Waals surface area contributed by atoms with Gasteiger partial charge in [0.2, 0.25) is 0 Å². The number of rotatable bonds is 3. The molecule has 0 amide bonds. The van der Waals surface area contributed by atoms with Crippen molar-refractivity contribution in [1.82, 2.24) is 4.98 Å². The Balaban J connectivity index is 2.44. The Morgan fingerprint density at radius 2 is 1.72 bits per heavy atom. The van der Waals surface area contributed by atoms with E-state index in [1.165, 1.54) is 0 Å². The predicted molar refractivity (Wildman–Crippen MR) is 75.7 cm³/mol. The monoisotopic (exact) mass is 244 g/mol. The number of aromatic nitrogens is 1. The molecule has 3 heteroatoms. The molecule has 96 valence electrons. The Morgan fingerprint density at radius 3 is 2.39 bits per heavy atom. The summed E-state index contributed by atoms with van der Waals surface area (Å²) in [7, 11) is 0. The number of nitrogens with zero attached hydrogens (tertiary/aromatic N) is 1. The molecule has 0 fully saturated rings. The minimum Gasteiger partial charge on any atom is -0.388 e. The zero-order chi connectivity index (χ0) is 13.4. The minimum absolute atomic E-state index is 0.433. The summed E-state index contributed by atoms with van der Waals surface area (Å²) in [6, 6.07) is 9.92. The van der Waals surface area contributed by atoms with Crippen LogP contribution in [-0.4, -0.2) is 21.2 Å². The molecule has 2 N–H and O–H groups in total. The number of nitrogens with one attached hydrogen (secondary N) is 1. The highest BCUT2D eigenvalue weighted by atomic mass is 16.3. The number of fused-ring (bicyclic) bond motifs is 1. The first-order valence-corrected chi connectivity index (χ1v) is 6.15. The molecule has 1 heterocycles. The van der Waals surface area contributed by atoms with Crippen molar-refractivity contribution in [3.05, 3.63) is 36.5 Å². The molecule has 0 unspecified atom stereocenters. The van der Waals surface area contributed by atoms with Crippen LogP contribution in [-0.2, 0) is 0 Å². The Labute approximate surface area is 108 Å². The highest BCUT2D eigenvalue weighted by molar-refractivity contribution is 5.91. The molecule has 0 aliphatic rings. The maximum absolute atomic E-state index is 10.2. The molecule has 0 aliphatic heterocycles. The van der Waals surface area contributed by atoms with Gasteiger partial charge in [0.1, 0.15) is 0 Å². The molecule has 3 nitrogen and oxygen atoms in total. The van der Waals surface area contributed by atoms with Crippen LogP contribution in [0.3, 0.4) is 0 Å². The van der Waals surface area contributed by atoms with E-state index < -0.39 is 11.1 Å². The van der Waals surface area contributed by atoms with Crippen molar-refractivity contribution in [1.29, 1.82) is 0 Å². The maximum Gasteiger partial charge on any atom is 0.0814 e. The van der Waals surface area contributed by atoms with E-state index in [1.54, 1.807) is 6.20 Å². The first-order valence-electron chi connectivity index (χ1n) is 6.15. The van der Waals surface area contributed by atoms with E-state index in [9.17, 15) is 5.11 Å². The third kappa shape index (κ3) is 2.31. The molecule has 2 aromatic rings. The van der Waals surface area contributed by atoms with Crippen LogP contribution in [0.25, 0.3) is 10.9 Å². The van der Waals surface area contributed by atoms with Gasteiger partial charge in [-0.05, 0) is 39.8 Å². The number of hydrogen-bond donors (Lipinski definition) is 2. The van der Waals surface area contributed by atoms with Gasteiger partial charge in [-0.1, -0.05) is 18.2 Å². The minimum atomic E-state index is -0.822. The van der Waals surface area contributed by atoms with Crippen LogP contribution in [0.15, 0.2) is 36.5 Å². The zero-order valence-electron chi connectivity index (χ0n) is 11.4. The normalized spacial score (nSPS) is 12.7. The average Bonchev–Trinajstić information content (AvgIpc) is 2.27. The van der Waals surface area contributed by atoms with E-state index >= 15 is 0 Å². The second kappa shape index (κ2) is 4.25. The summed E-state index contributed by atoms with van der Waals surface area (Å²) in [5.41, 5.74) is 0.691. The zero-order valence-corrected chi connectivity index (χ0v) is 11.4. The fourth-order valence-electron chi connectivity index (χ4n) is 1.69. The molecule has 0 aliphatic carbocycles. The van der Waals surface area contributed by atoms with Gasteiger partial charge in [-0.15, -0.1) is 0 Å². The summed E-state index contributed by atoms with van der Waals surface area (Å²) in [4.78, 5) is 4.33. The lowest BCUT2D eigenvalue weighted by molar-refractivity contribution is 0.0241. The van der Waals surface area contributed by atoms with E-state index in [1.807, 2.05) is 58.0 Å². The summed E-state index contributed by atoms with van der Waals surface area (Å²) in [6.45, 7) is 7.59. The Hall–Kier alpha value is -1.61. The van der Waals surface area contributed by atoms with Crippen molar-refractivity contribution in [3.8, 4) is 0 Å². The summed E-state index contributed by atoms with van der Waals surface area (Å²) in [5, 5.41) is 14.7. The number of hydrogen-bond acceptors (Lipinski definition) is 3. The highest BCUT2D eigenvalue weighted by Gasteiger charge is 2.35. The average molecular weight is 244 g/mol.